The zero-order chi connectivity index (χ0) is 14.8. The molecule has 2 aromatic heterocycles. The molecule has 4 nitrogen and oxygen atoms in total. The summed E-state index contributed by atoms with van der Waals surface area (Å²) in [6.45, 7) is 0.210. The van der Waals surface area contributed by atoms with Gasteiger partial charge in [-0.15, -0.1) is 11.3 Å². The second-order valence-electron chi connectivity index (χ2n) is 3.90. The van der Waals surface area contributed by atoms with E-state index in [0.29, 0.717) is 4.88 Å². The van der Waals surface area contributed by atoms with Crippen LogP contribution < -0.4 is 0 Å². The molecule has 1 N–H and O–H groups in total. The normalized spacial score (nSPS) is 12.2. The van der Waals surface area contributed by atoms with E-state index in [1.165, 1.54) is 22.1 Å². The van der Waals surface area contributed by atoms with Gasteiger partial charge < -0.3 is 5.11 Å². The van der Waals surface area contributed by atoms with Crippen LogP contribution in [0.2, 0.25) is 0 Å². The van der Waals surface area contributed by atoms with Crippen LogP contribution in [0.25, 0.3) is 6.08 Å². The van der Waals surface area contributed by atoms with Crippen molar-refractivity contribution in [3.8, 4) is 0 Å². The van der Waals surface area contributed by atoms with E-state index in [-0.39, 0.29) is 6.54 Å². The van der Waals surface area contributed by atoms with Crippen molar-refractivity contribution in [1.29, 1.82) is 0 Å². The molecular weight excluding hydrogens is 293 g/mol. The van der Waals surface area contributed by atoms with Crippen LogP contribution in [0, 0.1) is 0 Å². The maximum atomic E-state index is 12.4. The summed E-state index contributed by atoms with van der Waals surface area (Å²) in [6.07, 6.45) is -0.250. The molecule has 0 aliphatic heterocycles. The molecule has 2 aromatic rings. The monoisotopic (exact) mass is 302 g/mol. The molecule has 2 heterocycles. The molecule has 0 aliphatic rings. The van der Waals surface area contributed by atoms with Gasteiger partial charge in [-0.3, -0.25) is 4.68 Å². The van der Waals surface area contributed by atoms with E-state index in [1.807, 2.05) is 0 Å². The van der Waals surface area contributed by atoms with E-state index in [9.17, 15) is 18.0 Å². The van der Waals surface area contributed by atoms with Crippen molar-refractivity contribution in [1.82, 2.24) is 9.78 Å². The molecule has 0 saturated carbocycles. The summed E-state index contributed by atoms with van der Waals surface area (Å²) in [5.74, 6) is -1.05. The number of carbonyl (C=O) groups is 1. The van der Waals surface area contributed by atoms with Crippen molar-refractivity contribution in [2.45, 2.75) is 12.7 Å². The van der Waals surface area contributed by atoms with Crippen LogP contribution in [0.1, 0.15) is 15.3 Å². The third kappa shape index (κ3) is 3.70. The number of rotatable bonds is 4. The van der Waals surface area contributed by atoms with Crippen LogP contribution in [0.5, 0.6) is 0 Å². The first-order valence-corrected chi connectivity index (χ1v) is 6.25. The summed E-state index contributed by atoms with van der Waals surface area (Å²) in [6, 6.07) is 3.43. The Hall–Kier alpha value is -2.09. The van der Waals surface area contributed by atoms with Gasteiger partial charge >= 0.3 is 12.1 Å². The van der Waals surface area contributed by atoms with Crippen molar-refractivity contribution < 1.29 is 23.1 Å². The first-order chi connectivity index (χ1) is 9.34. The highest BCUT2D eigenvalue weighted by Gasteiger charge is 2.32. The first-order valence-electron chi connectivity index (χ1n) is 5.44. The van der Waals surface area contributed by atoms with Gasteiger partial charge in [-0.05, 0) is 18.2 Å². The second kappa shape index (κ2) is 5.49. The summed E-state index contributed by atoms with van der Waals surface area (Å²) in [4.78, 5) is 11.9. The molecule has 0 aliphatic carbocycles. The molecule has 2 rings (SSSR count). The van der Waals surface area contributed by atoms with E-state index in [1.54, 1.807) is 12.1 Å². The van der Waals surface area contributed by atoms with E-state index in [0.717, 1.165) is 23.3 Å². The Balaban J connectivity index is 2.07. The van der Waals surface area contributed by atoms with Gasteiger partial charge in [0.05, 0.1) is 18.3 Å². The van der Waals surface area contributed by atoms with Crippen molar-refractivity contribution in [3.63, 3.8) is 0 Å². The summed E-state index contributed by atoms with van der Waals surface area (Å²) < 4.78 is 38.4. The Morgan fingerprint density at radius 1 is 1.45 bits per heavy atom. The van der Waals surface area contributed by atoms with E-state index in [4.69, 9.17) is 5.11 Å². The van der Waals surface area contributed by atoms with Gasteiger partial charge in [0.25, 0.3) is 0 Å². The standard InChI is InChI=1S/C12H9F3N2O2S/c13-12(14,15)8-5-16-17(6-8)7-10-2-1-9(20-10)3-4-11(18)19/h1-6H,7H2,(H,18,19). The van der Waals surface area contributed by atoms with Crippen molar-refractivity contribution in [2.75, 3.05) is 0 Å². The van der Waals surface area contributed by atoms with E-state index in [2.05, 4.69) is 5.10 Å². The number of carboxylic acid groups (broad SMARTS) is 1. The highest BCUT2D eigenvalue weighted by atomic mass is 32.1. The molecule has 106 valence electrons. The molecule has 8 heteroatoms. The molecule has 0 saturated heterocycles. The lowest BCUT2D eigenvalue weighted by atomic mass is 10.3. The number of hydrogen-bond acceptors (Lipinski definition) is 3. The van der Waals surface area contributed by atoms with Gasteiger partial charge in [0, 0.05) is 22.0 Å². The Morgan fingerprint density at radius 2 is 2.20 bits per heavy atom. The highest BCUT2D eigenvalue weighted by Crippen LogP contribution is 2.28. The molecule has 0 amide bonds. The maximum absolute atomic E-state index is 12.4. The number of halogens is 3. The van der Waals surface area contributed by atoms with Crippen LogP contribution in [-0.4, -0.2) is 20.9 Å². The highest BCUT2D eigenvalue weighted by molar-refractivity contribution is 7.12. The molecule has 0 spiro atoms. The molecule has 0 radical (unpaired) electrons. The largest absolute Gasteiger partial charge is 0.478 e. The summed E-state index contributed by atoms with van der Waals surface area (Å²) in [5, 5.41) is 12.1. The minimum atomic E-state index is -4.40. The Morgan fingerprint density at radius 3 is 2.80 bits per heavy atom. The molecule has 0 fully saturated rings. The molecule has 0 unspecified atom stereocenters. The topological polar surface area (TPSA) is 55.1 Å². The molecular formula is C12H9F3N2O2S. The van der Waals surface area contributed by atoms with Crippen molar-refractivity contribution >= 4 is 23.4 Å². The minimum absolute atomic E-state index is 0.210. The Bertz CT molecular complexity index is 643. The SMILES string of the molecule is O=C(O)C=Cc1ccc(Cn2cc(C(F)(F)F)cn2)s1. The first kappa shape index (κ1) is 14.3. The predicted molar refractivity (Wildman–Crippen MR) is 67.3 cm³/mol. The number of nitrogens with zero attached hydrogens (tertiary/aromatic N) is 2. The van der Waals surface area contributed by atoms with Gasteiger partial charge in [0.15, 0.2) is 0 Å². The lowest BCUT2D eigenvalue weighted by Gasteiger charge is -2.01. The van der Waals surface area contributed by atoms with Crippen LogP contribution in [0.3, 0.4) is 0 Å². The predicted octanol–water partition coefficient (Wildman–Crippen LogP) is 3.11. The Labute approximate surface area is 115 Å². The van der Waals surface area contributed by atoms with E-state index >= 15 is 0 Å². The van der Waals surface area contributed by atoms with Gasteiger partial charge in [-0.1, -0.05) is 0 Å². The summed E-state index contributed by atoms with van der Waals surface area (Å²) in [7, 11) is 0. The lowest BCUT2D eigenvalue weighted by Crippen LogP contribution is -2.03. The number of aliphatic carboxylic acids is 1. The smallest absolute Gasteiger partial charge is 0.419 e. The van der Waals surface area contributed by atoms with Crippen LogP contribution in [0.4, 0.5) is 13.2 Å². The number of carboxylic acids is 1. The number of thiophene rings is 1. The molecule has 0 bridgehead atoms. The van der Waals surface area contributed by atoms with Gasteiger partial charge in [-0.2, -0.15) is 18.3 Å². The molecule has 0 aromatic carbocycles. The fourth-order valence-corrected chi connectivity index (χ4v) is 2.39. The lowest BCUT2D eigenvalue weighted by molar-refractivity contribution is -0.137. The van der Waals surface area contributed by atoms with Crippen molar-refractivity contribution in [2.24, 2.45) is 0 Å². The third-order valence-corrected chi connectivity index (χ3v) is 3.39. The molecule has 0 atom stereocenters. The average Bonchev–Trinajstić information content (AvgIpc) is 2.95. The van der Waals surface area contributed by atoms with E-state index < -0.39 is 17.7 Å². The van der Waals surface area contributed by atoms with Crippen molar-refractivity contribution in [3.05, 3.63) is 45.9 Å². The zero-order valence-electron chi connectivity index (χ0n) is 9.96. The average molecular weight is 302 g/mol. The zero-order valence-corrected chi connectivity index (χ0v) is 10.8. The second-order valence-corrected chi connectivity index (χ2v) is 5.10. The summed E-state index contributed by atoms with van der Waals surface area (Å²) >= 11 is 1.29. The minimum Gasteiger partial charge on any atom is -0.478 e. The third-order valence-electron chi connectivity index (χ3n) is 2.35. The number of hydrogen-bond donors (Lipinski definition) is 1. The van der Waals surface area contributed by atoms with Crippen LogP contribution in [-0.2, 0) is 17.5 Å². The quantitative estimate of drug-likeness (QED) is 0.883. The molecule has 20 heavy (non-hydrogen) atoms. The fourth-order valence-electron chi connectivity index (χ4n) is 1.48. The number of alkyl halides is 3. The van der Waals surface area contributed by atoms with Crippen LogP contribution >= 0.6 is 11.3 Å². The van der Waals surface area contributed by atoms with Crippen LogP contribution in [0.15, 0.2) is 30.6 Å². The van der Waals surface area contributed by atoms with Gasteiger partial charge in [0.2, 0.25) is 0 Å². The maximum Gasteiger partial charge on any atom is 0.419 e. The Kier molecular flexibility index (Phi) is 3.93. The van der Waals surface area contributed by atoms with Gasteiger partial charge in [-0.25, -0.2) is 4.79 Å². The number of aromatic nitrogens is 2. The van der Waals surface area contributed by atoms with Gasteiger partial charge in [0.1, 0.15) is 0 Å². The summed E-state index contributed by atoms with van der Waals surface area (Å²) in [5.41, 5.74) is -0.792. The fraction of sp³-hybridized carbons (Fsp3) is 0.167.